The van der Waals surface area contributed by atoms with E-state index in [4.69, 9.17) is 9.56 Å². The quantitative estimate of drug-likeness (QED) is 0.293. The van der Waals surface area contributed by atoms with Gasteiger partial charge in [0.25, 0.3) is 5.91 Å². The van der Waals surface area contributed by atoms with Crippen molar-refractivity contribution in [2.24, 2.45) is 5.14 Å². The Morgan fingerprint density at radius 1 is 1.12 bits per heavy atom. The highest BCUT2D eigenvalue weighted by molar-refractivity contribution is 7.89. The zero-order valence-corrected chi connectivity index (χ0v) is 17.6. The second-order valence-electron chi connectivity index (χ2n) is 6.86. The van der Waals surface area contributed by atoms with Crippen molar-refractivity contribution in [2.75, 3.05) is 7.05 Å². The predicted octanol–water partition coefficient (Wildman–Crippen LogP) is 1.83. The van der Waals surface area contributed by atoms with E-state index in [9.17, 15) is 18.4 Å². The van der Waals surface area contributed by atoms with Crippen molar-refractivity contribution in [1.82, 2.24) is 25.5 Å². The minimum Gasteiger partial charge on any atom is -0.434 e. The topological polar surface area (TPSA) is 168 Å². The highest BCUT2D eigenvalue weighted by atomic mass is 32.2. The fourth-order valence-corrected chi connectivity index (χ4v) is 3.53. The molecule has 0 saturated carbocycles. The summed E-state index contributed by atoms with van der Waals surface area (Å²) in [6.07, 6.45) is -0.222. The molecule has 2 heterocycles. The average molecular weight is 454 g/mol. The van der Waals surface area contributed by atoms with E-state index in [1.54, 1.807) is 12.1 Å². The Labute approximate surface area is 182 Å². The Hall–Kier alpha value is -3.87. The van der Waals surface area contributed by atoms with E-state index in [1.165, 1.54) is 19.2 Å². The van der Waals surface area contributed by atoms with E-state index in [0.717, 1.165) is 5.56 Å². The third-order valence-corrected chi connectivity index (χ3v) is 5.56. The molecule has 164 valence electrons. The first-order valence-corrected chi connectivity index (χ1v) is 10.8. The number of hydroxylamine groups is 2. The molecule has 0 unspecified atom stereocenters. The van der Waals surface area contributed by atoms with Gasteiger partial charge in [0.1, 0.15) is 17.1 Å². The standard InChI is InChI=1S/C20H18N6O5S/c1-26(28)16(27)11-15-18(24-25-23-15)20-22-17(19(31-20)13-5-3-2-4-6-13)12-7-9-14(10-8-12)32(21,29)30/h2-10,28H,11H2,1H3,(H2,21,29,30)(H,23,24,25). The number of nitrogens with one attached hydrogen (secondary N) is 1. The van der Waals surface area contributed by atoms with Gasteiger partial charge in [0.15, 0.2) is 5.76 Å². The minimum atomic E-state index is -3.84. The first-order chi connectivity index (χ1) is 15.2. The van der Waals surface area contributed by atoms with Crippen molar-refractivity contribution < 1.29 is 22.8 Å². The number of oxazole rings is 1. The fraction of sp³-hybridized carbons (Fsp3) is 0.100. The molecule has 4 aromatic rings. The minimum absolute atomic E-state index is 0.0297. The molecule has 0 radical (unpaired) electrons. The number of nitrogens with zero attached hydrogens (tertiary/aromatic N) is 4. The molecule has 0 spiro atoms. The van der Waals surface area contributed by atoms with Crippen LogP contribution in [0.5, 0.6) is 0 Å². The molecule has 4 rings (SSSR count). The molecule has 2 aromatic carbocycles. The molecular weight excluding hydrogens is 436 g/mol. The van der Waals surface area contributed by atoms with Crippen LogP contribution in [0.4, 0.5) is 0 Å². The number of benzene rings is 2. The molecule has 4 N–H and O–H groups in total. The van der Waals surface area contributed by atoms with E-state index in [0.29, 0.717) is 22.1 Å². The summed E-state index contributed by atoms with van der Waals surface area (Å²) >= 11 is 0. The Bertz CT molecular complexity index is 1360. The van der Waals surface area contributed by atoms with Crippen LogP contribution in [-0.4, -0.2) is 52.0 Å². The van der Waals surface area contributed by atoms with E-state index in [2.05, 4.69) is 20.4 Å². The maximum Gasteiger partial charge on any atom is 0.251 e. The molecule has 12 heteroatoms. The van der Waals surface area contributed by atoms with Crippen molar-refractivity contribution in [3.8, 4) is 34.2 Å². The Morgan fingerprint density at radius 3 is 2.44 bits per heavy atom. The maximum atomic E-state index is 11.9. The van der Waals surface area contributed by atoms with Crippen LogP contribution in [0.15, 0.2) is 63.9 Å². The molecule has 0 fully saturated rings. The lowest BCUT2D eigenvalue weighted by atomic mass is 10.1. The van der Waals surface area contributed by atoms with Crippen LogP contribution in [0.25, 0.3) is 34.2 Å². The van der Waals surface area contributed by atoms with Crippen LogP contribution in [0.1, 0.15) is 5.69 Å². The third-order valence-electron chi connectivity index (χ3n) is 4.63. The van der Waals surface area contributed by atoms with Gasteiger partial charge in [-0.15, -0.1) is 5.10 Å². The number of aromatic nitrogens is 4. The summed E-state index contributed by atoms with van der Waals surface area (Å²) in [6, 6.07) is 15.1. The van der Waals surface area contributed by atoms with Gasteiger partial charge in [-0.2, -0.15) is 0 Å². The molecule has 0 aliphatic heterocycles. The van der Waals surface area contributed by atoms with Crippen molar-refractivity contribution in [1.29, 1.82) is 0 Å². The summed E-state index contributed by atoms with van der Waals surface area (Å²) in [5.41, 5.74) is 2.29. The lowest BCUT2D eigenvalue weighted by molar-refractivity contribution is -0.158. The predicted molar refractivity (Wildman–Crippen MR) is 112 cm³/mol. The maximum absolute atomic E-state index is 11.9. The summed E-state index contributed by atoms with van der Waals surface area (Å²) < 4.78 is 29.2. The summed E-state index contributed by atoms with van der Waals surface area (Å²) in [4.78, 5) is 16.4. The monoisotopic (exact) mass is 454 g/mol. The number of amides is 1. The summed E-state index contributed by atoms with van der Waals surface area (Å²) in [5, 5.41) is 25.3. The van der Waals surface area contributed by atoms with E-state index >= 15 is 0 Å². The largest absolute Gasteiger partial charge is 0.434 e. The SMILES string of the molecule is CN(O)C(=O)Cc1nn[nH]c1-c1nc(-c2ccc(S(N)(=O)=O)cc2)c(-c2ccccc2)o1. The summed E-state index contributed by atoms with van der Waals surface area (Å²) in [5.74, 6) is -0.0355. The lowest BCUT2D eigenvalue weighted by Gasteiger charge is -2.06. The molecular formula is C20H18N6O5S. The van der Waals surface area contributed by atoms with Gasteiger partial charge in [0.2, 0.25) is 15.9 Å². The number of likely N-dealkylation sites (N-methyl/N-ethyl adjacent to an activating group) is 1. The smallest absolute Gasteiger partial charge is 0.251 e. The van der Waals surface area contributed by atoms with E-state index < -0.39 is 15.9 Å². The molecule has 0 bridgehead atoms. The molecule has 2 aromatic heterocycles. The highest BCUT2D eigenvalue weighted by Gasteiger charge is 2.23. The van der Waals surface area contributed by atoms with Crippen molar-refractivity contribution in [3.05, 3.63) is 60.3 Å². The normalized spacial score (nSPS) is 11.5. The Balaban J connectivity index is 1.82. The number of nitrogens with two attached hydrogens (primary N) is 1. The number of hydrogen-bond acceptors (Lipinski definition) is 8. The van der Waals surface area contributed by atoms with Crippen LogP contribution >= 0.6 is 0 Å². The molecule has 11 nitrogen and oxygen atoms in total. The third kappa shape index (κ3) is 4.27. The van der Waals surface area contributed by atoms with Gasteiger partial charge in [0.05, 0.1) is 11.3 Å². The highest BCUT2D eigenvalue weighted by Crippen LogP contribution is 2.36. The van der Waals surface area contributed by atoms with Gasteiger partial charge >= 0.3 is 0 Å². The molecule has 32 heavy (non-hydrogen) atoms. The van der Waals surface area contributed by atoms with Crippen LogP contribution in [0, 0.1) is 0 Å². The van der Waals surface area contributed by atoms with Crippen LogP contribution in [0.2, 0.25) is 0 Å². The van der Waals surface area contributed by atoms with Gasteiger partial charge in [-0.1, -0.05) is 47.7 Å². The number of aromatic amines is 1. The number of rotatable bonds is 6. The van der Waals surface area contributed by atoms with Gasteiger partial charge in [-0.3, -0.25) is 15.1 Å². The molecule has 1 amide bonds. The number of sulfonamides is 1. The number of carbonyl (C=O) groups excluding carboxylic acids is 1. The molecule has 0 aliphatic carbocycles. The number of carbonyl (C=O) groups is 1. The van der Waals surface area contributed by atoms with Crippen LogP contribution in [0.3, 0.4) is 0 Å². The second kappa shape index (κ2) is 8.34. The van der Waals surface area contributed by atoms with Gasteiger partial charge in [0, 0.05) is 18.2 Å². The average Bonchev–Trinajstić information content (AvgIpc) is 3.40. The summed E-state index contributed by atoms with van der Waals surface area (Å²) in [7, 11) is -2.63. The molecule has 0 saturated heterocycles. The number of hydrogen-bond donors (Lipinski definition) is 3. The van der Waals surface area contributed by atoms with Crippen molar-refractivity contribution >= 4 is 15.9 Å². The Morgan fingerprint density at radius 2 is 1.81 bits per heavy atom. The number of primary sulfonamides is 1. The van der Waals surface area contributed by atoms with Gasteiger partial charge in [-0.05, 0) is 12.1 Å². The lowest BCUT2D eigenvalue weighted by Crippen LogP contribution is -2.24. The molecule has 0 aliphatic rings. The Kier molecular flexibility index (Phi) is 5.57. The van der Waals surface area contributed by atoms with E-state index in [-0.39, 0.29) is 28.6 Å². The number of H-pyrrole nitrogens is 1. The fourth-order valence-electron chi connectivity index (χ4n) is 3.01. The molecule has 0 atom stereocenters. The zero-order chi connectivity index (χ0) is 22.9. The second-order valence-corrected chi connectivity index (χ2v) is 8.42. The van der Waals surface area contributed by atoms with Crippen LogP contribution < -0.4 is 5.14 Å². The van der Waals surface area contributed by atoms with Crippen molar-refractivity contribution in [3.63, 3.8) is 0 Å². The van der Waals surface area contributed by atoms with Crippen LogP contribution in [-0.2, 0) is 21.2 Å². The van der Waals surface area contributed by atoms with Crippen molar-refractivity contribution in [2.45, 2.75) is 11.3 Å². The first-order valence-electron chi connectivity index (χ1n) is 9.29. The summed E-state index contributed by atoms with van der Waals surface area (Å²) in [6.45, 7) is 0. The van der Waals surface area contributed by atoms with Gasteiger partial charge < -0.3 is 4.42 Å². The van der Waals surface area contributed by atoms with Gasteiger partial charge in [-0.25, -0.2) is 23.6 Å². The first kappa shape index (κ1) is 21.4. The van der Waals surface area contributed by atoms with E-state index in [1.807, 2.05) is 30.3 Å². The zero-order valence-electron chi connectivity index (χ0n) is 16.8.